The molecule has 2 N–H and O–H groups in total. The van der Waals surface area contributed by atoms with Crippen LogP contribution in [-0.4, -0.2) is 22.2 Å². The van der Waals surface area contributed by atoms with Crippen LogP contribution in [0.2, 0.25) is 5.02 Å². The number of nitrogens with zero attached hydrogens (tertiary/aromatic N) is 1. The van der Waals surface area contributed by atoms with Crippen LogP contribution in [0.25, 0.3) is 6.08 Å². The summed E-state index contributed by atoms with van der Waals surface area (Å²) in [6, 6.07) is 11.7. The summed E-state index contributed by atoms with van der Waals surface area (Å²) < 4.78 is 0. The summed E-state index contributed by atoms with van der Waals surface area (Å²) in [5.74, 6) is -1.23. The molecule has 0 radical (unpaired) electrons. The van der Waals surface area contributed by atoms with Gasteiger partial charge in [-0.2, -0.15) is 0 Å². The fourth-order valence-corrected chi connectivity index (χ4v) is 3.18. The molecule has 126 valence electrons. The van der Waals surface area contributed by atoms with Gasteiger partial charge in [-0.3, -0.25) is 4.79 Å². The quantitative estimate of drug-likeness (QED) is 0.790. The lowest BCUT2D eigenvalue weighted by Crippen LogP contribution is -2.19. The number of carboxylic acids is 1. The molecule has 7 heteroatoms. The zero-order chi connectivity index (χ0) is 18.0. The van der Waals surface area contributed by atoms with Gasteiger partial charge < -0.3 is 10.4 Å². The summed E-state index contributed by atoms with van der Waals surface area (Å²) in [7, 11) is 0. The highest BCUT2D eigenvalue weighted by molar-refractivity contribution is 8.18. The monoisotopic (exact) mass is 372 g/mol. The van der Waals surface area contributed by atoms with Crippen LogP contribution in [0.15, 0.2) is 52.4 Å². The van der Waals surface area contributed by atoms with Gasteiger partial charge in [-0.25, -0.2) is 9.79 Å². The molecule has 25 heavy (non-hydrogen) atoms. The number of aromatic carboxylic acids is 1. The lowest BCUT2D eigenvalue weighted by Gasteiger charge is -2.02. The van der Waals surface area contributed by atoms with Gasteiger partial charge >= 0.3 is 5.97 Å². The number of halogens is 1. The molecule has 1 aliphatic heterocycles. The van der Waals surface area contributed by atoms with Crippen molar-refractivity contribution in [2.75, 3.05) is 0 Å². The first-order chi connectivity index (χ1) is 11.9. The predicted molar refractivity (Wildman–Crippen MR) is 100 cm³/mol. The summed E-state index contributed by atoms with van der Waals surface area (Å²) in [6.45, 7) is 1.87. The van der Waals surface area contributed by atoms with E-state index in [9.17, 15) is 9.59 Å². The highest BCUT2D eigenvalue weighted by atomic mass is 35.5. The zero-order valence-corrected chi connectivity index (χ0v) is 14.7. The van der Waals surface area contributed by atoms with Crippen LogP contribution in [0.5, 0.6) is 0 Å². The Kier molecular flexibility index (Phi) is 4.92. The van der Waals surface area contributed by atoms with Crippen LogP contribution in [0, 0.1) is 6.92 Å². The van der Waals surface area contributed by atoms with Gasteiger partial charge in [0.15, 0.2) is 5.17 Å². The van der Waals surface area contributed by atoms with E-state index >= 15 is 0 Å². The minimum Gasteiger partial charge on any atom is -0.478 e. The van der Waals surface area contributed by atoms with Crippen molar-refractivity contribution >= 4 is 52.2 Å². The Bertz CT molecular complexity index is 920. The third-order valence-corrected chi connectivity index (χ3v) is 4.89. The summed E-state index contributed by atoms with van der Waals surface area (Å²) in [5.41, 5.74) is 2.47. The minimum absolute atomic E-state index is 0.198. The number of benzene rings is 2. The highest BCUT2D eigenvalue weighted by Crippen LogP contribution is 2.31. The smallest absolute Gasteiger partial charge is 0.335 e. The number of nitrogens with one attached hydrogen (secondary N) is 1. The van der Waals surface area contributed by atoms with Crippen LogP contribution in [0.3, 0.4) is 0 Å². The van der Waals surface area contributed by atoms with Crippen molar-refractivity contribution in [1.82, 2.24) is 5.32 Å². The molecule has 1 heterocycles. The van der Waals surface area contributed by atoms with E-state index in [0.29, 0.717) is 20.8 Å². The van der Waals surface area contributed by atoms with E-state index in [1.54, 1.807) is 30.3 Å². The maximum absolute atomic E-state index is 12.1. The number of amidine groups is 1. The molecule has 2 aromatic carbocycles. The Morgan fingerprint density at radius 1 is 1.24 bits per heavy atom. The molecule has 0 unspecified atom stereocenters. The summed E-state index contributed by atoms with van der Waals surface area (Å²) in [4.78, 5) is 27.9. The maximum atomic E-state index is 12.1. The van der Waals surface area contributed by atoms with E-state index in [-0.39, 0.29) is 11.5 Å². The number of carbonyl (C=O) groups is 2. The summed E-state index contributed by atoms with van der Waals surface area (Å²) >= 11 is 7.31. The van der Waals surface area contributed by atoms with Gasteiger partial charge in [-0.15, -0.1) is 0 Å². The predicted octanol–water partition coefficient (Wildman–Crippen LogP) is 4.24. The van der Waals surface area contributed by atoms with Gasteiger partial charge in [0, 0.05) is 5.02 Å². The van der Waals surface area contributed by atoms with Crippen molar-refractivity contribution in [2.24, 2.45) is 4.99 Å². The first kappa shape index (κ1) is 17.3. The SMILES string of the molecule is Cc1c(Cl)cccc1N=C1NC(=O)C(=Cc2ccc(C(=O)O)cc2)S1. The molecule has 0 aromatic heterocycles. The molecule has 1 aliphatic rings. The molecule has 0 atom stereocenters. The number of thioether (sulfide) groups is 1. The van der Waals surface area contributed by atoms with E-state index in [2.05, 4.69) is 10.3 Å². The average molecular weight is 373 g/mol. The maximum Gasteiger partial charge on any atom is 0.335 e. The van der Waals surface area contributed by atoms with E-state index in [1.165, 1.54) is 23.9 Å². The molecule has 0 saturated carbocycles. The van der Waals surface area contributed by atoms with Crippen LogP contribution in [0.1, 0.15) is 21.5 Å². The second-order valence-corrected chi connectivity index (χ2v) is 6.73. The Hall–Kier alpha value is -2.57. The first-order valence-corrected chi connectivity index (χ1v) is 8.51. The van der Waals surface area contributed by atoms with Gasteiger partial charge in [0.05, 0.1) is 16.2 Å². The second kappa shape index (κ2) is 7.13. The van der Waals surface area contributed by atoms with Crippen molar-refractivity contribution in [3.63, 3.8) is 0 Å². The third kappa shape index (κ3) is 3.92. The Balaban J connectivity index is 1.83. The van der Waals surface area contributed by atoms with Crippen LogP contribution < -0.4 is 5.32 Å². The topological polar surface area (TPSA) is 78.8 Å². The standard InChI is InChI=1S/C18H13ClN2O3S/c1-10-13(19)3-2-4-14(10)20-18-21-16(22)15(25-18)9-11-5-7-12(8-6-11)17(23)24/h2-9H,1H3,(H,23,24)(H,20,21,22). The van der Waals surface area contributed by atoms with Crippen LogP contribution in [-0.2, 0) is 4.79 Å². The number of hydrogen-bond donors (Lipinski definition) is 2. The van der Waals surface area contributed by atoms with Crippen molar-refractivity contribution in [1.29, 1.82) is 0 Å². The third-order valence-electron chi connectivity index (χ3n) is 3.57. The van der Waals surface area contributed by atoms with Gasteiger partial charge in [-0.05, 0) is 60.2 Å². The fourth-order valence-electron chi connectivity index (χ4n) is 2.18. The number of amides is 1. The summed E-state index contributed by atoms with van der Waals surface area (Å²) in [6.07, 6.45) is 1.69. The number of aliphatic imine (C=N–C) groups is 1. The molecule has 1 amide bonds. The molecule has 3 rings (SSSR count). The van der Waals surface area contributed by atoms with Gasteiger partial charge in [-0.1, -0.05) is 29.8 Å². The number of carbonyl (C=O) groups excluding carboxylic acids is 1. The van der Waals surface area contributed by atoms with Crippen molar-refractivity contribution in [3.05, 3.63) is 69.1 Å². The molecular weight excluding hydrogens is 360 g/mol. The fraction of sp³-hybridized carbons (Fsp3) is 0.0556. The van der Waals surface area contributed by atoms with E-state index < -0.39 is 5.97 Å². The van der Waals surface area contributed by atoms with Gasteiger partial charge in [0.1, 0.15) is 0 Å². The van der Waals surface area contributed by atoms with Crippen molar-refractivity contribution in [2.45, 2.75) is 6.92 Å². The second-order valence-electron chi connectivity index (χ2n) is 5.29. The zero-order valence-electron chi connectivity index (χ0n) is 13.1. The summed E-state index contributed by atoms with van der Waals surface area (Å²) in [5, 5.41) is 12.7. The molecule has 5 nitrogen and oxygen atoms in total. The van der Waals surface area contributed by atoms with E-state index in [0.717, 1.165) is 11.1 Å². The first-order valence-electron chi connectivity index (χ1n) is 7.32. The number of rotatable bonds is 3. The van der Waals surface area contributed by atoms with Gasteiger partial charge in [0.2, 0.25) is 0 Å². The molecular formula is C18H13ClN2O3S. The average Bonchev–Trinajstić information content (AvgIpc) is 2.92. The molecule has 1 fully saturated rings. The number of carboxylic acid groups (broad SMARTS) is 1. The molecule has 0 bridgehead atoms. The molecule has 2 aromatic rings. The minimum atomic E-state index is -0.988. The Morgan fingerprint density at radius 2 is 1.96 bits per heavy atom. The van der Waals surface area contributed by atoms with Crippen LogP contribution in [0.4, 0.5) is 5.69 Å². The highest BCUT2D eigenvalue weighted by Gasteiger charge is 2.24. The normalized spacial score (nSPS) is 17.1. The van der Waals surface area contributed by atoms with Gasteiger partial charge in [0.25, 0.3) is 5.91 Å². The molecule has 1 saturated heterocycles. The van der Waals surface area contributed by atoms with E-state index in [1.807, 2.05) is 13.0 Å². The Labute approximate surface area is 153 Å². The molecule has 0 spiro atoms. The largest absolute Gasteiger partial charge is 0.478 e. The molecule has 0 aliphatic carbocycles. The lowest BCUT2D eigenvalue weighted by atomic mass is 10.1. The Morgan fingerprint density at radius 3 is 2.64 bits per heavy atom. The van der Waals surface area contributed by atoms with Crippen molar-refractivity contribution in [3.8, 4) is 0 Å². The van der Waals surface area contributed by atoms with Crippen molar-refractivity contribution < 1.29 is 14.7 Å². The van der Waals surface area contributed by atoms with E-state index in [4.69, 9.17) is 16.7 Å². The van der Waals surface area contributed by atoms with Crippen LogP contribution >= 0.6 is 23.4 Å². The number of hydrogen-bond acceptors (Lipinski definition) is 4. The lowest BCUT2D eigenvalue weighted by molar-refractivity contribution is -0.115.